The molecular weight excluding hydrogens is 256 g/mol. The fourth-order valence-electron chi connectivity index (χ4n) is 2.65. The second-order valence-electron chi connectivity index (χ2n) is 5.17. The largest absolute Gasteiger partial charge is 0.182 e. The summed E-state index contributed by atoms with van der Waals surface area (Å²) >= 11 is 6.76. The Morgan fingerprint density at radius 2 is 1.22 bits per heavy atom. The lowest BCUT2D eigenvalue weighted by atomic mass is 10.0. The molecule has 2 heteroatoms. The molecule has 0 unspecified atom stereocenters. The normalized spacial score (nSPS) is 12.2. The van der Waals surface area contributed by atoms with E-state index < -0.39 is 7.38 Å². The van der Waals surface area contributed by atoms with Gasteiger partial charge in [0.05, 0.1) is 0 Å². The van der Waals surface area contributed by atoms with Crippen LogP contribution >= 0.6 is 11.1 Å². The highest BCUT2D eigenvalue weighted by molar-refractivity contribution is 7.27. The summed E-state index contributed by atoms with van der Waals surface area (Å²) in [5, 5.41) is 6.54. The molecule has 0 spiro atoms. The van der Waals surface area contributed by atoms with E-state index in [-0.39, 0.29) is 0 Å². The third-order valence-electron chi connectivity index (χ3n) is 3.37. The highest BCUT2D eigenvalue weighted by Crippen LogP contribution is 2.25. The molecule has 3 aromatic carbocycles. The topological polar surface area (TPSA) is 0 Å². The van der Waals surface area contributed by atoms with Gasteiger partial charge in [-0.1, -0.05) is 61.6 Å². The summed E-state index contributed by atoms with van der Waals surface area (Å²) in [5.74, 6) is 0. The predicted molar refractivity (Wildman–Crippen MR) is 84.4 cm³/mol. The number of rotatable bonds is 1. The van der Waals surface area contributed by atoms with Crippen molar-refractivity contribution in [2.24, 2.45) is 0 Å². The molecule has 0 aliphatic carbocycles. The van der Waals surface area contributed by atoms with Gasteiger partial charge < -0.3 is 0 Å². The summed E-state index contributed by atoms with van der Waals surface area (Å²) in [6.07, 6.45) is 0. The summed E-state index contributed by atoms with van der Waals surface area (Å²) in [5.41, 5.74) is 0. The van der Waals surface area contributed by atoms with Crippen molar-refractivity contribution in [3.63, 3.8) is 0 Å². The number of halogens is 1. The van der Waals surface area contributed by atoms with Gasteiger partial charge in [-0.3, -0.25) is 0 Å². The Morgan fingerprint density at radius 3 is 1.67 bits per heavy atom. The number of hydrogen-bond donors (Lipinski definition) is 0. The number of fused-ring (bicyclic) bond motifs is 2. The van der Waals surface area contributed by atoms with Gasteiger partial charge in [-0.25, -0.2) is 0 Å². The van der Waals surface area contributed by atoms with E-state index in [1.54, 1.807) is 0 Å². The molecule has 0 N–H and O–H groups in total. The van der Waals surface area contributed by atoms with E-state index in [2.05, 4.69) is 67.7 Å². The molecular formula is C16H15ClSi. The molecule has 0 bridgehead atoms. The summed E-state index contributed by atoms with van der Waals surface area (Å²) in [6, 6.07) is 19.3. The zero-order valence-electron chi connectivity index (χ0n) is 10.6. The third kappa shape index (κ3) is 1.84. The Bertz CT molecular complexity index is 672. The minimum Gasteiger partial charge on any atom is -0.161 e. The first-order valence-electron chi connectivity index (χ1n) is 6.17. The van der Waals surface area contributed by atoms with Gasteiger partial charge in [-0.2, -0.15) is 11.1 Å². The van der Waals surface area contributed by atoms with Gasteiger partial charge >= 0.3 is 0 Å². The lowest BCUT2D eigenvalue weighted by Gasteiger charge is -2.19. The second-order valence-corrected chi connectivity index (χ2v) is 11.4. The van der Waals surface area contributed by atoms with Crippen LogP contribution in [0.2, 0.25) is 13.1 Å². The monoisotopic (exact) mass is 270 g/mol. The summed E-state index contributed by atoms with van der Waals surface area (Å²) in [6.45, 7) is 4.39. The molecule has 0 amide bonds. The predicted octanol–water partition coefficient (Wildman–Crippen LogP) is 4.64. The molecule has 18 heavy (non-hydrogen) atoms. The molecule has 0 atom stereocenters. The lowest BCUT2D eigenvalue weighted by molar-refractivity contribution is 1.77. The van der Waals surface area contributed by atoms with E-state index in [1.165, 1.54) is 26.7 Å². The van der Waals surface area contributed by atoms with Crippen molar-refractivity contribution in [1.29, 1.82) is 0 Å². The quantitative estimate of drug-likeness (QED) is 0.343. The smallest absolute Gasteiger partial charge is 0.161 e. The van der Waals surface area contributed by atoms with Crippen molar-refractivity contribution >= 4 is 45.2 Å². The zero-order valence-corrected chi connectivity index (χ0v) is 12.3. The van der Waals surface area contributed by atoms with Crippen molar-refractivity contribution in [2.75, 3.05) is 0 Å². The summed E-state index contributed by atoms with van der Waals surface area (Å²) < 4.78 is 0. The molecule has 0 heterocycles. The van der Waals surface area contributed by atoms with Crippen LogP contribution in [0, 0.1) is 0 Å². The second kappa shape index (κ2) is 4.11. The molecule has 0 saturated heterocycles. The highest BCUT2D eigenvalue weighted by Gasteiger charge is 2.25. The molecule has 0 aliphatic heterocycles. The zero-order chi connectivity index (χ0) is 12.8. The van der Waals surface area contributed by atoms with E-state index in [9.17, 15) is 0 Å². The first-order valence-corrected chi connectivity index (χ1v) is 10.2. The molecule has 0 radical (unpaired) electrons. The van der Waals surface area contributed by atoms with Crippen LogP contribution in [0.25, 0.3) is 21.5 Å². The minimum absolute atomic E-state index is 1.28. The van der Waals surface area contributed by atoms with E-state index >= 15 is 0 Å². The van der Waals surface area contributed by atoms with Crippen LogP contribution in [0.1, 0.15) is 0 Å². The van der Waals surface area contributed by atoms with Gasteiger partial charge in [0.2, 0.25) is 0 Å². The minimum atomic E-state index is -1.89. The molecule has 0 aromatic heterocycles. The molecule has 0 fully saturated rings. The maximum atomic E-state index is 6.76. The summed E-state index contributed by atoms with van der Waals surface area (Å²) in [4.78, 5) is 0. The molecule has 3 aromatic rings. The van der Waals surface area contributed by atoms with Crippen LogP contribution in [0.4, 0.5) is 0 Å². The van der Waals surface area contributed by atoms with Gasteiger partial charge in [-0.15, -0.1) is 0 Å². The third-order valence-corrected chi connectivity index (χ3v) is 5.66. The highest BCUT2D eigenvalue weighted by atomic mass is 35.6. The van der Waals surface area contributed by atoms with Crippen molar-refractivity contribution in [3.05, 3.63) is 54.6 Å². The Kier molecular flexibility index (Phi) is 2.69. The first kappa shape index (κ1) is 11.8. The molecule has 3 rings (SSSR count). The Labute approximate surface area is 113 Å². The van der Waals surface area contributed by atoms with Gasteiger partial charge in [0.25, 0.3) is 0 Å². The molecule has 0 saturated carbocycles. The van der Waals surface area contributed by atoms with Crippen LogP contribution in [0.5, 0.6) is 0 Å². The van der Waals surface area contributed by atoms with E-state index in [4.69, 9.17) is 11.1 Å². The SMILES string of the molecule is C[Si](C)(Cl)c1c2ccccc2cc2ccccc12. The van der Waals surface area contributed by atoms with Crippen LogP contribution in [0.15, 0.2) is 54.6 Å². The lowest BCUT2D eigenvalue weighted by Crippen LogP contribution is -2.36. The number of benzene rings is 3. The fraction of sp³-hybridized carbons (Fsp3) is 0.125. The summed E-state index contributed by atoms with van der Waals surface area (Å²) in [7, 11) is -1.89. The Hall–Kier alpha value is -1.31. The van der Waals surface area contributed by atoms with Crippen molar-refractivity contribution in [3.8, 4) is 0 Å². The van der Waals surface area contributed by atoms with Crippen LogP contribution in [-0.4, -0.2) is 7.38 Å². The average Bonchev–Trinajstić information content (AvgIpc) is 2.34. The van der Waals surface area contributed by atoms with E-state index in [1.807, 2.05) is 0 Å². The molecule has 0 nitrogen and oxygen atoms in total. The van der Waals surface area contributed by atoms with Gasteiger partial charge in [0.1, 0.15) is 0 Å². The van der Waals surface area contributed by atoms with E-state index in [0.717, 1.165) is 0 Å². The van der Waals surface area contributed by atoms with Crippen molar-refractivity contribution < 1.29 is 0 Å². The fourth-order valence-corrected chi connectivity index (χ4v) is 5.00. The van der Waals surface area contributed by atoms with Gasteiger partial charge in [0, 0.05) is 0 Å². The van der Waals surface area contributed by atoms with Gasteiger partial charge in [0.15, 0.2) is 7.38 Å². The maximum absolute atomic E-state index is 6.76. The first-order chi connectivity index (χ1) is 8.57. The van der Waals surface area contributed by atoms with Crippen molar-refractivity contribution in [2.45, 2.75) is 13.1 Å². The number of hydrogen-bond acceptors (Lipinski definition) is 0. The molecule has 90 valence electrons. The van der Waals surface area contributed by atoms with Gasteiger partial charge in [-0.05, 0) is 32.8 Å². The van der Waals surface area contributed by atoms with Crippen LogP contribution in [-0.2, 0) is 0 Å². The van der Waals surface area contributed by atoms with Crippen LogP contribution < -0.4 is 5.19 Å². The molecule has 0 aliphatic rings. The maximum Gasteiger partial charge on any atom is 0.182 e. The van der Waals surface area contributed by atoms with Crippen molar-refractivity contribution in [1.82, 2.24) is 0 Å². The van der Waals surface area contributed by atoms with Crippen LogP contribution in [0.3, 0.4) is 0 Å². The Morgan fingerprint density at radius 1 is 0.778 bits per heavy atom. The standard InChI is InChI=1S/C16H15ClSi/c1-18(2,17)16-14-9-5-3-7-12(14)11-13-8-4-6-10-15(13)16/h3-11H,1-2H3. The van der Waals surface area contributed by atoms with E-state index in [0.29, 0.717) is 0 Å². The Balaban J connectivity index is 2.58. The average molecular weight is 271 g/mol.